The van der Waals surface area contributed by atoms with E-state index in [4.69, 9.17) is 0 Å². The number of imide groups is 1. The van der Waals surface area contributed by atoms with Crippen LogP contribution in [0.1, 0.15) is 39.1 Å². The van der Waals surface area contributed by atoms with Gasteiger partial charge >= 0.3 is 0 Å². The highest BCUT2D eigenvalue weighted by atomic mass is 32.2. The molecule has 26 heavy (non-hydrogen) atoms. The molecule has 0 saturated carbocycles. The Hall–Kier alpha value is -2.51. The molecular weight excluding hydrogens is 354 g/mol. The van der Waals surface area contributed by atoms with Crippen LogP contribution in [0.3, 0.4) is 0 Å². The van der Waals surface area contributed by atoms with Gasteiger partial charge in [-0.25, -0.2) is 0 Å². The number of rotatable bonds is 7. The zero-order valence-corrected chi connectivity index (χ0v) is 14.9. The average molecular weight is 373 g/mol. The fourth-order valence-corrected chi connectivity index (χ4v) is 3.92. The third-order valence-corrected chi connectivity index (χ3v) is 5.75. The van der Waals surface area contributed by atoms with Crippen molar-refractivity contribution in [3.8, 4) is 0 Å². The van der Waals surface area contributed by atoms with E-state index in [2.05, 4.69) is 0 Å². The molecule has 1 unspecified atom stereocenters. The van der Waals surface area contributed by atoms with Crippen LogP contribution in [0.15, 0.2) is 54.6 Å². The molecule has 3 rings (SSSR count). The average Bonchev–Trinajstić information content (AvgIpc) is 2.86. The molecular formula is C19H19NO5S. The number of aryl methyl sites for hydroxylation is 1. The summed E-state index contributed by atoms with van der Waals surface area (Å²) in [6.07, 6.45) is 1.31. The van der Waals surface area contributed by atoms with Gasteiger partial charge in [0.15, 0.2) is 0 Å². The van der Waals surface area contributed by atoms with Gasteiger partial charge in [-0.15, -0.1) is 0 Å². The lowest BCUT2D eigenvalue weighted by Crippen LogP contribution is -2.40. The second-order valence-electron chi connectivity index (χ2n) is 6.28. The largest absolute Gasteiger partial charge is 0.285 e. The van der Waals surface area contributed by atoms with Crippen molar-refractivity contribution >= 4 is 21.9 Å². The molecule has 0 aliphatic carbocycles. The summed E-state index contributed by atoms with van der Waals surface area (Å²) in [6.45, 7) is -0.347. The van der Waals surface area contributed by atoms with Crippen LogP contribution in [0.25, 0.3) is 0 Å². The standard InChI is InChI=1S/C19H19NO5S/c21-18-16-11-4-5-12-17(16)19(22)20(18)13-15(26(23,24)25)10-6-9-14-7-2-1-3-8-14/h1-5,7-8,11-12,15H,6,9-10,13H2,(H,23,24,25). The van der Waals surface area contributed by atoms with Crippen LogP contribution >= 0.6 is 0 Å². The van der Waals surface area contributed by atoms with E-state index in [0.717, 1.165) is 10.5 Å². The molecule has 136 valence electrons. The lowest BCUT2D eigenvalue weighted by Gasteiger charge is -2.20. The van der Waals surface area contributed by atoms with Crippen LogP contribution in [0, 0.1) is 0 Å². The fraction of sp³-hybridized carbons (Fsp3) is 0.263. The van der Waals surface area contributed by atoms with Crippen LogP contribution in [0.4, 0.5) is 0 Å². The molecule has 6 nitrogen and oxygen atoms in total. The third kappa shape index (κ3) is 3.84. The van der Waals surface area contributed by atoms with Gasteiger partial charge in [-0.05, 0) is 37.0 Å². The van der Waals surface area contributed by atoms with Crippen molar-refractivity contribution < 1.29 is 22.6 Å². The van der Waals surface area contributed by atoms with Gasteiger partial charge in [0.05, 0.1) is 11.1 Å². The summed E-state index contributed by atoms with van der Waals surface area (Å²) in [5.41, 5.74) is 1.58. The number of nitrogens with zero attached hydrogens (tertiary/aromatic N) is 1. The van der Waals surface area contributed by atoms with Crippen LogP contribution in [-0.2, 0) is 16.5 Å². The molecule has 1 N–H and O–H groups in total. The smallest absolute Gasteiger partial charge is 0.269 e. The topological polar surface area (TPSA) is 91.8 Å². The van der Waals surface area contributed by atoms with E-state index in [1.165, 1.54) is 12.1 Å². The predicted molar refractivity (Wildman–Crippen MR) is 96.5 cm³/mol. The summed E-state index contributed by atoms with van der Waals surface area (Å²) in [6, 6.07) is 15.9. The zero-order chi connectivity index (χ0) is 18.7. The van der Waals surface area contributed by atoms with Gasteiger partial charge in [0.1, 0.15) is 5.25 Å². The normalized spacial score (nSPS) is 15.2. The fourth-order valence-electron chi connectivity index (χ4n) is 3.12. The third-order valence-electron chi connectivity index (χ3n) is 4.52. The van der Waals surface area contributed by atoms with Crippen LogP contribution < -0.4 is 0 Å². The second kappa shape index (κ2) is 7.39. The van der Waals surface area contributed by atoms with Crippen molar-refractivity contribution in [1.29, 1.82) is 0 Å². The molecule has 0 spiro atoms. The number of benzene rings is 2. The van der Waals surface area contributed by atoms with Gasteiger partial charge in [-0.2, -0.15) is 8.42 Å². The number of carbonyl (C=O) groups is 2. The van der Waals surface area contributed by atoms with E-state index in [-0.39, 0.29) is 24.1 Å². The minimum atomic E-state index is -4.39. The molecule has 0 radical (unpaired) electrons. The Morgan fingerprint density at radius 1 is 0.885 bits per heavy atom. The predicted octanol–water partition coefficient (Wildman–Crippen LogP) is 2.56. The first kappa shape index (κ1) is 18.3. The SMILES string of the molecule is O=C1c2ccccc2C(=O)N1CC(CCCc1ccccc1)S(=O)(=O)O. The molecule has 2 amide bonds. The number of hydrogen-bond donors (Lipinski definition) is 1. The van der Waals surface area contributed by atoms with Crippen molar-refractivity contribution in [2.24, 2.45) is 0 Å². The highest BCUT2D eigenvalue weighted by Crippen LogP contribution is 2.24. The Bertz CT molecular complexity index is 889. The lowest BCUT2D eigenvalue weighted by atomic mass is 10.1. The van der Waals surface area contributed by atoms with Gasteiger partial charge in [-0.3, -0.25) is 19.0 Å². The summed E-state index contributed by atoms with van der Waals surface area (Å²) in [7, 11) is -4.39. The maximum absolute atomic E-state index is 12.4. The molecule has 0 fully saturated rings. The van der Waals surface area contributed by atoms with Crippen molar-refractivity contribution in [1.82, 2.24) is 4.90 Å². The molecule has 0 saturated heterocycles. The van der Waals surface area contributed by atoms with Crippen LogP contribution in [-0.4, -0.2) is 41.5 Å². The zero-order valence-electron chi connectivity index (χ0n) is 14.0. The first-order valence-electron chi connectivity index (χ1n) is 8.33. The minimum absolute atomic E-state index is 0.154. The Morgan fingerprint density at radius 2 is 1.42 bits per heavy atom. The molecule has 1 aliphatic heterocycles. The quantitative estimate of drug-likeness (QED) is 0.595. The van der Waals surface area contributed by atoms with Crippen LogP contribution in [0.2, 0.25) is 0 Å². The Morgan fingerprint density at radius 3 is 1.96 bits per heavy atom. The van der Waals surface area contributed by atoms with E-state index in [1.54, 1.807) is 12.1 Å². The Balaban J connectivity index is 1.70. The molecule has 1 atom stereocenters. The van der Waals surface area contributed by atoms with E-state index in [1.807, 2.05) is 30.3 Å². The summed E-state index contributed by atoms with van der Waals surface area (Å²) in [5, 5.41) is -1.20. The number of carbonyl (C=O) groups excluding carboxylic acids is 2. The lowest BCUT2D eigenvalue weighted by molar-refractivity contribution is 0.0652. The Kier molecular flexibility index (Phi) is 5.20. The summed E-state index contributed by atoms with van der Waals surface area (Å²) >= 11 is 0. The first-order chi connectivity index (χ1) is 12.4. The molecule has 0 aromatic heterocycles. The second-order valence-corrected chi connectivity index (χ2v) is 7.98. The van der Waals surface area contributed by atoms with E-state index < -0.39 is 27.2 Å². The maximum Gasteiger partial charge on any atom is 0.269 e. The van der Waals surface area contributed by atoms with Gasteiger partial charge in [0, 0.05) is 6.54 Å². The van der Waals surface area contributed by atoms with E-state index >= 15 is 0 Å². The molecule has 2 aromatic rings. The molecule has 2 aromatic carbocycles. The van der Waals surface area contributed by atoms with Gasteiger partial charge in [0.25, 0.3) is 21.9 Å². The molecule has 7 heteroatoms. The first-order valence-corrected chi connectivity index (χ1v) is 9.83. The summed E-state index contributed by atoms with van der Waals surface area (Å²) in [4.78, 5) is 25.7. The highest BCUT2D eigenvalue weighted by molar-refractivity contribution is 7.86. The molecule has 1 aliphatic rings. The van der Waals surface area contributed by atoms with Gasteiger partial charge < -0.3 is 0 Å². The summed E-state index contributed by atoms with van der Waals surface area (Å²) < 4.78 is 33.1. The van der Waals surface area contributed by atoms with Gasteiger partial charge in [-0.1, -0.05) is 42.5 Å². The van der Waals surface area contributed by atoms with Crippen molar-refractivity contribution in [3.63, 3.8) is 0 Å². The monoisotopic (exact) mass is 373 g/mol. The molecule has 1 heterocycles. The van der Waals surface area contributed by atoms with Gasteiger partial charge in [0.2, 0.25) is 0 Å². The van der Waals surface area contributed by atoms with E-state index in [0.29, 0.717) is 12.8 Å². The number of hydrogen-bond acceptors (Lipinski definition) is 4. The maximum atomic E-state index is 12.4. The number of amides is 2. The van der Waals surface area contributed by atoms with Crippen molar-refractivity contribution in [2.45, 2.75) is 24.5 Å². The number of fused-ring (bicyclic) bond motifs is 1. The van der Waals surface area contributed by atoms with Crippen LogP contribution in [0.5, 0.6) is 0 Å². The Labute approximate surface area is 152 Å². The minimum Gasteiger partial charge on any atom is -0.285 e. The molecule has 0 bridgehead atoms. The van der Waals surface area contributed by atoms with Crippen molar-refractivity contribution in [2.75, 3.05) is 6.54 Å². The highest BCUT2D eigenvalue weighted by Gasteiger charge is 2.38. The van der Waals surface area contributed by atoms with E-state index in [9.17, 15) is 22.6 Å². The van der Waals surface area contributed by atoms with Crippen molar-refractivity contribution in [3.05, 3.63) is 71.3 Å². The summed E-state index contributed by atoms with van der Waals surface area (Å²) in [5.74, 6) is -1.05.